The van der Waals surface area contributed by atoms with Crippen LogP contribution in [0.1, 0.15) is 33.5 Å². The molecule has 5 nitrogen and oxygen atoms in total. The van der Waals surface area contributed by atoms with Crippen molar-refractivity contribution in [3.63, 3.8) is 0 Å². The normalized spacial score (nSPS) is 11.0. The Morgan fingerprint density at radius 1 is 0.800 bits per heavy atom. The van der Waals surface area contributed by atoms with Crippen LogP contribution in [0.15, 0.2) is 114 Å². The Balaban J connectivity index is 1.66. The second kappa shape index (κ2) is 12.3. The standard InChI is InChI=1S/C36H20ClF2N3O2S/c37-30-18-24(36(43)44)13-16-28(30)22-5-3-6-23(17-22)34-33(32-25(19-40)7-4-8-26(32)20-41)29-9-1-2-10-31(29)42(34)45-27-14-11-21(12-15-27)35(38)39/h1-18,35H,(H,43,44). The van der Waals surface area contributed by atoms with Gasteiger partial charge in [0.15, 0.2) is 0 Å². The molecule has 0 saturated heterocycles. The first-order valence-corrected chi connectivity index (χ1v) is 14.7. The first kappa shape index (κ1) is 29.7. The molecule has 218 valence electrons. The molecule has 1 N–H and O–H groups in total. The Hall–Kier alpha value is -5.41. The van der Waals surface area contributed by atoms with Gasteiger partial charge in [0.2, 0.25) is 0 Å². The summed E-state index contributed by atoms with van der Waals surface area (Å²) in [7, 11) is 0. The van der Waals surface area contributed by atoms with E-state index in [1.54, 1.807) is 36.4 Å². The molecule has 6 rings (SSSR count). The fraction of sp³-hybridized carbons (Fsp3) is 0.0278. The first-order valence-electron chi connectivity index (χ1n) is 13.6. The van der Waals surface area contributed by atoms with Crippen LogP contribution in [0.3, 0.4) is 0 Å². The van der Waals surface area contributed by atoms with Crippen molar-refractivity contribution in [3.05, 3.63) is 136 Å². The van der Waals surface area contributed by atoms with Crippen LogP contribution in [-0.4, -0.2) is 15.0 Å². The third kappa shape index (κ3) is 5.54. The predicted molar refractivity (Wildman–Crippen MR) is 172 cm³/mol. The van der Waals surface area contributed by atoms with Gasteiger partial charge in [-0.3, -0.25) is 3.97 Å². The Morgan fingerprint density at radius 2 is 1.47 bits per heavy atom. The molecule has 0 radical (unpaired) electrons. The SMILES string of the molecule is N#Cc1cccc(C#N)c1-c1c(-c2cccc(-c3ccc(C(=O)O)cc3Cl)c2)n(Sc2ccc(C(F)F)cc2)c2ccccc12. The number of rotatable bonds is 7. The number of benzene rings is 5. The van der Waals surface area contributed by atoms with Gasteiger partial charge < -0.3 is 5.11 Å². The van der Waals surface area contributed by atoms with Gasteiger partial charge in [0.05, 0.1) is 40.0 Å². The number of fused-ring (bicyclic) bond motifs is 1. The maximum atomic E-state index is 13.3. The lowest BCUT2D eigenvalue weighted by molar-refractivity contribution is 0.0697. The summed E-state index contributed by atoms with van der Waals surface area (Å²) in [4.78, 5) is 12.2. The number of nitrogens with zero attached hydrogens (tertiary/aromatic N) is 3. The van der Waals surface area contributed by atoms with E-state index in [4.69, 9.17) is 11.6 Å². The Kier molecular flexibility index (Phi) is 8.10. The summed E-state index contributed by atoms with van der Waals surface area (Å²) < 4.78 is 28.6. The van der Waals surface area contributed by atoms with Crippen LogP contribution in [-0.2, 0) is 0 Å². The molecule has 1 aromatic heterocycles. The number of halogens is 3. The van der Waals surface area contributed by atoms with Crippen molar-refractivity contribution in [2.75, 3.05) is 0 Å². The van der Waals surface area contributed by atoms with E-state index >= 15 is 0 Å². The molecule has 9 heteroatoms. The topological polar surface area (TPSA) is 89.8 Å². The fourth-order valence-corrected chi connectivity index (χ4v) is 6.63. The lowest BCUT2D eigenvalue weighted by atomic mass is 9.90. The van der Waals surface area contributed by atoms with E-state index in [0.717, 1.165) is 22.0 Å². The minimum Gasteiger partial charge on any atom is -0.478 e. The molecule has 0 bridgehead atoms. The van der Waals surface area contributed by atoms with Crippen molar-refractivity contribution in [2.24, 2.45) is 0 Å². The molecule has 0 atom stereocenters. The van der Waals surface area contributed by atoms with Crippen LogP contribution in [0.2, 0.25) is 5.02 Å². The number of aromatic carboxylic acids is 1. The van der Waals surface area contributed by atoms with Crippen molar-refractivity contribution in [1.82, 2.24) is 3.97 Å². The van der Waals surface area contributed by atoms with Crippen LogP contribution in [0, 0.1) is 22.7 Å². The Morgan fingerprint density at radius 3 is 2.11 bits per heavy atom. The summed E-state index contributed by atoms with van der Waals surface area (Å²) in [6.07, 6.45) is -2.59. The van der Waals surface area contributed by atoms with Gasteiger partial charge in [0, 0.05) is 43.1 Å². The third-order valence-electron chi connectivity index (χ3n) is 7.38. The van der Waals surface area contributed by atoms with E-state index in [2.05, 4.69) is 12.1 Å². The highest BCUT2D eigenvalue weighted by Gasteiger charge is 2.25. The Labute approximate surface area is 266 Å². The average Bonchev–Trinajstić information content (AvgIpc) is 3.37. The van der Waals surface area contributed by atoms with Crippen LogP contribution in [0.25, 0.3) is 44.4 Å². The zero-order valence-corrected chi connectivity index (χ0v) is 24.8. The van der Waals surface area contributed by atoms with Crippen LogP contribution in [0.4, 0.5) is 8.78 Å². The van der Waals surface area contributed by atoms with E-state index in [9.17, 15) is 29.2 Å². The van der Waals surface area contributed by atoms with Gasteiger partial charge >= 0.3 is 5.97 Å². The molecule has 0 unspecified atom stereocenters. The molecule has 0 aliphatic carbocycles. The van der Waals surface area contributed by atoms with Crippen LogP contribution < -0.4 is 0 Å². The molecule has 5 aromatic carbocycles. The lowest BCUT2D eigenvalue weighted by Crippen LogP contribution is -1.97. The molecule has 0 spiro atoms. The van der Waals surface area contributed by atoms with Crippen LogP contribution in [0.5, 0.6) is 0 Å². The summed E-state index contributed by atoms with van der Waals surface area (Å²) in [6.45, 7) is 0. The summed E-state index contributed by atoms with van der Waals surface area (Å²) in [5.41, 5.74) is 5.32. The highest BCUT2D eigenvalue weighted by Crippen LogP contribution is 2.47. The molecule has 0 fully saturated rings. The molecule has 45 heavy (non-hydrogen) atoms. The number of aromatic nitrogens is 1. The largest absolute Gasteiger partial charge is 0.478 e. The van der Waals surface area contributed by atoms with Gasteiger partial charge in [0.1, 0.15) is 0 Å². The second-order valence-corrected chi connectivity index (χ2v) is 11.5. The molecule has 0 saturated carbocycles. The minimum absolute atomic E-state index is 0.0636. The Bertz CT molecular complexity index is 2170. The number of carboxylic acid groups (broad SMARTS) is 1. The monoisotopic (exact) mass is 631 g/mol. The number of carboxylic acids is 1. The van der Waals surface area contributed by atoms with Crippen LogP contribution >= 0.6 is 23.5 Å². The van der Waals surface area contributed by atoms with Gasteiger partial charge in [0.25, 0.3) is 6.43 Å². The third-order valence-corrected chi connectivity index (χ3v) is 8.74. The molecule has 6 aromatic rings. The van der Waals surface area contributed by atoms with Crippen molar-refractivity contribution >= 4 is 40.4 Å². The smallest absolute Gasteiger partial charge is 0.335 e. The van der Waals surface area contributed by atoms with Crippen molar-refractivity contribution in [1.29, 1.82) is 10.5 Å². The second-order valence-electron chi connectivity index (χ2n) is 10.0. The molecule has 1 heterocycles. The zero-order chi connectivity index (χ0) is 31.7. The van der Waals surface area contributed by atoms with Crippen molar-refractivity contribution in [3.8, 4) is 45.6 Å². The van der Waals surface area contributed by atoms with Crippen molar-refractivity contribution in [2.45, 2.75) is 11.3 Å². The fourth-order valence-electron chi connectivity index (χ4n) is 5.33. The van der Waals surface area contributed by atoms with Gasteiger partial charge in [-0.05, 0) is 66.0 Å². The summed E-state index contributed by atoms with van der Waals surface area (Å²) >= 11 is 7.88. The van der Waals surface area contributed by atoms with E-state index < -0.39 is 12.4 Å². The van der Waals surface area contributed by atoms with Gasteiger partial charge in [-0.25, -0.2) is 13.6 Å². The summed E-state index contributed by atoms with van der Waals surface area (Å²) in [6, 6.07) is 35.2. The maximum Gasteiger partial charge on any atom is 0.335 e. The number of carbonyl (C=O) groups is 1. The average molecular weight is 632 g/mol. The van der Waals surface area contributed by atoms with Gasteiger partial charge in [-0.2, -0.15) is 10.5 Å². The number of nitriles is 2. The summed E-state index contributed by atoms with van der Waals surface area (Å²) in [5, 5.41) is 30.7. The molecular formula is C36H20ClF2N3O2S. The number of alkyl halides is 2. The number of para-hydroxylation sites is 1. The quantitative estimate of drug-likeness (QED) is 0.189. The minimum atomic E-state index is -2.59. The lowest BCUT2D eigenvalue weighted by Gasteiger charge is -2.15. The number of hydrogen-bond acceptors (Lipinski definition) is 4. The van der Waals surface area contributed by atoms with E-state index in [0.29, 0.717) is 38.4 Å². The molecular weight excluding hydrogens is 612 g/mol. The predicted octanol–water partition coefficient (Wildman–Crippen LogP) is 10.2. The van der Waals surface area contributed by atoms with Crippen molar-refractivity contribution < 1.29 is 18.7 Å². The summed E-state index contributed by atoms with van der Waals surface area (Å²) in [5.74, 6) is -1.09. The number of hydrogen-bond donors (Lipinski definition) is 1. The van der Waals surface area contributed by atoms with E-state index in [1.807, 2.05) is 52.5 Å². The molecule has 0 aliphatic rings. The zero-order valence-electron chi connectivity index (χ0n) is 23.2. The highest BCUT2D eigenvalue weighted by atomic mass is 35.5. The highest BCUT2D eigenvalue weighted by molar-refractivity contribution is 7.98. The van der Waals surface area contributed by atoms with Gasteiger partial charge in [-0.15, -0.1) is 0 Å². The first-order chi connectivity index (χ1) is 21.8. The molecule has 0 amide bonds. The van der Waals surface area contributed by atoms with E-state index in [-0.39, 0.29) is 16.1 Å². The molecule has 0 aliphatic heterocycles. The maximum absolute atomic E-state index is 13.3. The van der Waals surface area contributed by atoms with E-state index in [1.165, 1.54) is 36.2 Å². The van der Waals surface area contributed by atoms with Gasteiger partial charge in [-0.1, -0.05) is 72.3 Å².